The number of piperidine rings is 1. The van der Waals surface area contributed by atoms with Gasteiger partial charge in [-0.1, -0.05) is 0 Å². The van der Waals surface area contributed by atoms with E-state index in [0.717, 1.165) is 68.1 Å². The van der Waals surface area contributed by atoms with Gasteiger partial charge in [-0.2, -0.15) is 5.10 Å². The van der Waals surface area contributed by atoms with E-state index in [-0.39, 0.29) is 36.3 Å². The minimum Gasteiger partial charge on any atom is -0.370 e. The fourth-order valence-electron chi connectivity index (χ4n) is 4.27. The van der Waals surface area contributed by atoms with Crippen LogP contribution in [0.4, 0.5) is 0 Å². The van der Waals surface area contributed by atoms with Gasteiger partial charge in [0.15, 0.2) is 0 Å². The summed E-state index contributed by atoms with van der Waals surface area (Å²) in [6, 6.07) is 2.09. The smallest absolute Gasteiger partial charge is 0.261 e. The molecule has 1 amide bonds. The van der Waals surface area contributed by atoms with Gasteiger partial charge in [0, 0.05) is 23.5 Å². The number of nitrogens with zero attached hydrogens (tertiary/aromatic N) is 1. The fraction of sp³-hybridized carbons (Fsp3) is 0.600. The van der Waals surface area contributed by atoms with E-state index in [1.54, 1.807) is 11.3 Å². The molecule has 4 rings (SSSR count). The van der Waals surface area contributed by atoms with Crippen LogP contribution in [0, 0.1) is 13.8 Å². The molecule has 6 nitrogen and oxygen atoms in total. The molecule has 162 valence electrons. The van der Waals surface area contributed by atoms with Crippen LogP contribution < -0.4 is 10.6 Å². The van der Waals surface area contributed by atoms with E-state index in [9.17, 15) is 4.79 Å². The zero-order chi connectivity index (χ0) is 18.9. The summed E-state index contributed by atoms with van der Waals surface area (Å²) in [5.41, 5.74) is 4.52. The van der Waals surface area contributed by atoms with Gasteiger partial charge in [0.2, 0.25) is 0 Å². The number of nitrogens with one attached hydrogen (secondary N) is 3. The third kappa shape index (κ3) is 4.97. The van der Waals surface area contributed by atoms with Gasteiger partial charge in [0.1, 0.15) is 0 Å². The molecule has 0 aromatic carbocycles. The molecule has 4 heterocycles. The van der Waals surface area contributed by atoms with Crippen molar-refractivity contribution in [1.29, 1.82) is 0 Å². The van der Waals surface area contributed by atoms with Gasteiger partial charge < -0.3 is 15.4 Å². The lowest BCUT2D eigenvalue weighted by Crippen LogP contribution is -2.44. The van der Waals surface area contributed by atoms with Crippen molar-refractivity contribution < 1.29 is 9.53 Å². The van der Waals surface area contributed by atoms with Gasteiger partial charge in [-0.3, -0.25) is 9.89 Å². The summed E-state index contributed by atoms with van der Waals surface area (Å²) in [5, 5.41) is 13.7. The fourth-order valence-corrected chi connectivity index (χ4v) is 5.42. The number of fused-ring (bicyclic) bond motifs is 2. The molecule has 2 aromatic rings. The molecule has 2 aromatic heterocycles. The van der Waals surface area contributed by atoms with E-state index in [2.05, 4.69) is 26.9 Å². The molecule has 1 fully saturated rings. The number of carbonyl (C=O) groups excluding carboxylic acids is 1. The maximum Gasteiger partial charge on any atom is 0.261 e. The Morgan fingerprint density at radius 1 is 1.31 bits per heavy atom. The van der Waals surface area contributed by atoms with Crippen LogP contribution in [0.2, 0.25) is 0 Å². The molecule has 1 spiro atoms. The number of hydrogen-bond acceptors (Lipinski definition) is 5. The second-order valence-corrected chi connectivity index (χ2v) is 8.70. The Labute approximate surface area is 188 Å². The van der Waals surface area contributed by atoms with Gasteiger partial charge in [-0.15, -0.1) is 36.2 Å². The lowest BCUT2D eigenvalue weighted by Gasteiger charge is -2.40. The monoisotopic (exact) mass is 460 g/mol. The molecule has 0 unspecified atom stereocenters. The number of hydrogen-bond donors (Lipinski definition) is 3. The van der Waals surface area contributed by atoms with Crippen LogP contribution in [0.1, 0.15) is 56.3 Å². The number of carbonyl (C=O) groups is 1. The van der Waals surface area contributed by atoms with Crippen molar-refractivity contribution in [2.45, 2.75) is 51.6 Å². The number of thiophene rings is 1. The third-order valence-electron chi connectivity index (χ3n) is 5.81. The number of ether oxygens (including phenoxy) is 1. The number of aromatic nitrogens is 2. The SMILES string of the molecule is Cc1n[nH]c(C)c1CCCNC(=O)c1cc2c(s1)CCOC21CCNCC1.Cl.Cl. The van der Waals surface area contributed by atoms with Crippen molar-refractivity contribution in [2.75, 3.05) is 26.2 Å². The normalized spacial score (nSPS) is 17.2. The van der Waals surface area contributed by atoms with E-state index >= 15 is 0 Å². The molecule has 0 saturated carbocycles. The summed E-state index contributed by atoms with van der Waals surface area (Å²) in [6.07, 6.45) is 4.74. The van der Waals surface area contributed by atoms with Crippen molar-refractivity contribution in [2.24, 2.45) is 0 Å². The lowest BCUT2D eigenvalue weighted by atomic mass is 9.83. The molecule has 2 aliphatic heterocycles. The highest BCUT2D eigenvalue weighted by molar-refractivity contribution is 7.14. The van der Waals surface area contributed by atoms with E-state index < -0.39 is 0 Å². The van der Waals surface area contributed by atoms with Crippen LogP contribution in [0.3, 0.4) is 0 Å². The van der Waals surface area contributed by atoms with Gasteiger partial charge in [-0.05, 0) is 69.8 Å². The molecular formula is C20H30Cl2N4O2S. The Kier molecular flexibility index (Phi) is 8.55. The van der Waals surface area contributed by atoms with Crippen molar-refractivity contribution in [3.8, 4) is 0 Å². The Morgan fingerprint density at radius 3 is 2.76 bits per heavy atom. The highest BCUT2D eigenvalue weighted by Crippen LogP contribution is 2.43. The molecule has 2 aliphatic rings. The summed E-state index contributed by atoms with van der Waals surface area (Å²) >= 11 is 1.64. The third-order valence-corrected chi connectivity index (χ3v) is 7.01. The Bertz CT molecular complexity index is 811. The number of amides is 1. The summed E-state index contributed by atoms with van der Waals surface area (Å²) in [5.74, 6) is 0.0409. The summed E-state index contributed by atoms with van der Waals surface area (Å²) in [4.78, 5) is 14.8. The molecule has 29 heavy (non-hydrogen) atoms. The number of H-pyrrole nitrogens is 1. The molecule has 0 aliphatic carbocycles. The topological polar surface area (TPSA) is 79.0 Å². The Hall–Kier alpha value is -1.12. The number of rotatable bonds is 5. The molecular weight excluding hydrogens is 431 g/mol. The first kappa shape index (κ1) is 24.2. The number of halogens is 2. The zero-order valence-electron chi connectivity index (χ0n) is 16.9. The maximum atomic E-state index is 12.7. The predicted molar refractivity (Wildman–Crippen MR) is 121 cm³/mol. The van der Waals surface area contributed by atoms with Crippen LogP contribution >= 0.6 is 36.2 Å². The van der Waals surface area contributed by atoms with E-state index in [1.807, 2.05) is 13.8 Å². The van der Waals surface area contributed by atoms with Gasteiger partial charge >= 0.3 is 0 Å². The highest BCUT2D eigenvalue weighted by atomic mass is 35.5. The number of aromatic amines is 1. The second kappa shape index (κ2) is 10.3. The van der Waals surface area contributed by atoms with Crippen LogP contribution in [0.15, 0.2) is 6.07 Å². The van der Waals surface area contributed by atoms with Crippen LogP contribution in [0.25, 0.3) is 0 Å². The minimum absolute atomic E-state index is 0. The first-order chi connectivity index (χ1) is 13.1. The summed E-state index contributed by atoms with van der Waals surface area (Å²) < 4.78 is 6.21. The van der Waals surface area contributed by atoms with Gasteiger partial charge in [-0.25, -0.2) is 0 Å². The highest BCUT2D eigenvalue weighted by Gasteiger charge is 2.40. The molecule has 0 radical (unpaired) electrons. The van der Waals surface area contributed by atoms with Crippen molar-refractivity contribution in [3.05, 3.63) is 38.3 Å². The quantitative estimate of drug-likeness (QED) is 0.596. The van der Waals surface area contributed by atoms with Crippen molar-refractivity contribution in [3.63, 3.8) is 0 Å². The average Bonchev–Trinajstić information content (AvgIpc) is 3.25. The minimum atomic E-state index is -0.176. The largest absolute Gasteiger partial charge is 0.370 e. The van der Waals surface area contributed by atoms with E-state index in [4.69, 9.17) is 4.74 Å². The molecule has 0 bridgehead atoms. The van der Waals surface area contributed by atoms with Crippen molar-refractivity contribution >= 4 is 42.1 Å². The molecule has 9 heteroatoms. The van der Waals surface area contributed by atoms with Crippen LogP contribution in [0.5, 0.6) is 0 Å². The summed E-state index contributed by atoms with van der Waals surface area (Å²) in [6.45, 7) is 7.46. The maximum absolute atomic E-state index is 12.7. The van der Waals surface area contributed by atoms with Crippen molar-refractivity contribution in [1.82, 2.24) is 20.8 Å². The Morgan fingerprint density at radius 2 is 2.07 bits per heavy atom. The van der Waals surface area contributed by atoms with Gasteiger partial charge in [0.25, 0.3) is 5.91 Å². The average molecular weight is 461 g/mol. The molecule has 1 saturated heterocycles. The van der Waals surface area contributed by atoms with Crippen LogP contribution in [-0.2, 0) is 23.2 Å². The van der Waals surface area contributed by atoms with E-state index in [1.165, 1.54) is 16.0 Å². The Balaban J connectivity index is 0.00000150. The molecule has 0 atom stereocenters. The zero-order valence-corrected chi connectivity index (χ0v) is 19.4. The first-order valence-corrected chi connectivity index (χ1v) is 10.7. The number of aryl methyl sites for hydroxylation is 2. The molecule has 3 N–H and O–H groups in total. The standard InChI is InChI=1S/C20H28N4O2S.2ClH/c1-13-15(14(2)24-23-13)4-3-8-22-19(25)18-12-16-17(27-18)5-11-26-20(16)6-9-21-10-7-20;;/h12,21H,3-11H2,1-2H3,(H,22,25)(H,23,24);2*1H. The van der Waals surface area contributed by atoms with Crippen LogP contribution in [-0.4, -0.2) is 42.3 Å². The second-order valence-electron chi connectivity index (χ2n) is 7.56. The van der Waals surface area contributed by atoms with E-state index in [0.29, 0.717) is 6.54 Å². The predicted octanol–water partition coefficient (Wildman–Crippen LogP) is 3.45. The van der Waals surface area contributed by atoms with Gasteiger partial charge in [0.05, 0.1) is 22.8 Å². The lowest BCUT2D eigenvalue weighted by molar-refractivity contribution is -0.0792. The summed E-state index contributed by atoms with van der Waals surface area (Å²) in [7, 11) is 0. The first-order valence-electron chi connectivity index (χ1n) is 9.85.